The monoisotopic (exact) mass is 206 g/mol. The zero-order valence-corrected chi connectivity index (χ0v) is 9.05. The number of halogens is 1. The van der Waals surface area contributed by atoms with E-state index < -0.39 is 0 Å². The van der Waals surface area contributed by atoms with Crippen LogP contribution in [0.4, 0.5) is 4.39 Å². The Bertz CT molecular complexity index is 366. The Morgan fingerprint density at radius 2 is 2.20 bits per heavy atom. The molecule has 15 heavy (non-hydrogen) atoms. The zero-order valence-electron chi connectivity index (χ0n) is 9.05. The van der Waals surface area contributed by atoms with Crippen LogP contribution >= 0.6 is 0 Å². The van der Waals surface area contributed by atoms with E-state index in [1.807, 2.05) is 6.07 Å². The Balaban J connectivity index is 2.59. The van der Waals surface area contributed by atoms with Crippen molar-refractivity contribution in [3.05, 3.63) is 35.1 Å². The minimum atomic E-state index is -0.315. The molecule has 3 heteroatoms. The first kappa shape index (κ1) is 11.7. The molecule has 0 aliphatic carbocycles. The second kappa shape index (κ2) is 5.47. The fraction of sp³-hybridized carbons (Fsp3) is 0.417. The molecule has 0 heterocycles. The summed E-state index contributed by atoms with van der Waals surface area (Å²) in [6.45, 7) is 5.57. The molecule has 1 aromatic rings. The summed E-state index contributed by atoms with van der Waals surface area (Å²) in [4.78, 5) is 0. The third-order valence-corrected chi connectivity index (χ3v) is 2.05. The van der Waals surface area contributed by atoms with E-state index in [0.717, 1.165) is 6.54 Å². The van der Waals surface area contributed by atoms with Gasteiger partial charge in [-0.3, -0.25) is 0 Å². The van der Waals surface area contributed by atoms with Crippen LogP contribution in [-0.4, -0.2) is 6.54 Å². The van der Waals surface area contributed by atoms with E-state index in [1.54, 1.807) is 12.1 Å². The Labute approximate surface area is 89.7 Å². The lowest BCUT2D eigenvalue weighted by Gasteiger charge is -2.08. The van der Waals surface area contributed by atoms with Crippen LogP contribution < -0.4 is 5.32 Å². The molecule has 1 N–H and O–H groups in total. The molecular weight excluding hydrogens is 191 g/mol. The summed E-state index contributed by atoms with van der Waals surface area (Å²) >= 11 is 0. The van der Waals surface area contributed by atoms with E-state index in [-0.39, 0.29) is 5.82 Å². The van der Waals surface area contributed by atoms with Crippen molar-refractivity contribution in [1.29, 1.82) is 5.26 Å². The number of rotatable bonds is 4. The van der Waals surface area contributed by atoms with Crippen LogP contribution in [0.15, 0.2) is 18.2 Å². The minimum Gasteiger partial charge on any atom is -0.312 e. The van der Waals surface area contributed by atoms with E-state index >= 15 is 0 Å². The first-order valence-corrected chi connectivity index (χ1v) is 5.02. The smallest absolute Gasteiger partial charge is 0.129 e. The van der Waals surface area contributed by atoms with Crippen molar-refractivity contribution in [2.24, 2.45) is 5.92 Å². The molecule has 0 fully saturated rings. The number of nitrogens with zero attached hydrogens (tertiary/aromatic N) is 1. The predicted octanol–water partition coefficient (Wildman–Crippen LogP) is 2.44. The van der Waals surface area contributed by atoms with Gasteiger partial charge in [0.1, 0.15) is 5.82 Å². The van der Waals surface area contributed by atoms with Gasteiger partial charge in [0.2, 0.25) is 0 Å². The van der Waals surface area contributed by atoms with Crippen molar-refractivity contribution in [2.45, 2.75) is 20.4 Å². The molecule has 0 amide bonds. The molecule has 0 saturated carbocycles. The number of hydrogen-bond donors (Lipinski definition) is 1. The average molecular weight is 206 g/mol. The van der Waals surface area contributed by atoms with Gasteiger partial charge in [-0.25, -0.2) is 4.39 Å². The maximum Gasteiger partial charge on any atom is 0.129 e. The number of benzene rings is 1. The maximum absolute atomic E-state index is 13.4. The second-order valence-electron chi connectivity index (χ2n) is 3.94. The maximum atomic E-state index is 13.4. The molecule has 1 rings (SSSR count). The van der Waals surface area contributed by atoms with Gasteiger partial charge in [-0.05, 0) is 24.6 Å². The lowest BCUT2D eigenvalue weighted by molar-refractivity contribution is 0.535. The van der Waals surface area contributed by atoms with E-state index in [1.165, 1.54) is 6.07 Å². The molecule has 2 nitrogen and oxygen atoms in total. The summed E-state index contributed by atoms with van der Waals surface area (Å²) in [5.74, 6) is 0.233. The summed E-state index contributed by atoms with van der Waals surface area (Å²) in [5.41, 5.74) is 0.967. The van der Waals surface area contributed by atoms with E-state index in [4.69, 9.17) is 5.26 Å². The van der Waals surface area contributed by atoms with Gasteiger partial charge < -0.3 is 5.32 Å². The van der Waals surface area contributed by atoms with Gasteiger partial charge in [-0.2, -0.15) is 5.26 Å². The molecule has 0 atom stereocenters. The van der Waals surface area contributed by atoms with Crippen molar-refractivity contribution < 1.29 is 4.39 Å². The molecule has 80 valence electrons. The highest BCUT2D eigenvalue weighted by atomic mass is 19.1. The SMILES string of the molecule is CC(C)CNCc1ccc(C#N)cc1F. The largest absolute Gasteiger partial charge is 0.312 e. The summed E-state index contributed by atoms with van der Waals surface area (Å²) in [7, 11) is 0. The van der Waals surface area contributed by atoms with Crippen molar-refractivity contribution >= 4 is 0 Å². The summed E-state index contributed by atoms with van der Waals surface area (Å²) in [6, 6.07) is 6.47. The highest BCUT2D eigenvalue weighted by Gasteiger charge is 2.03. The minimum absolute atomic E-state index is 0.315. The van der Waals surface area contributed by atoms with Crippen LogP contribution in [0.5, 0.6) is 0 Å². The highest BCUT2D eigenvalue weighted by Crippen LogP contribution is 2.09. The Kier molecular flexibility index (Phi) is 4.26. The van der Waals surface area contributed by atoms with Gasteiger partial charge >= 0.3 is 0 Å². The fourth-order valence-electron chi connectivity index (χ4n) is 1.26. The fourth-order valence-corrected chi connectivity index (χ4v) is 1.26. The molecule has 0 aromatic heterocycles. The quantitative estimate of drug-likeness (QED) is 0.821. The van der Waals surface area contributed by atoms with Crippen LogP contribution in [0.1, 0.15) is 25.0 Å². The first-order chi connectivity index (χ1) is 7.13. The lowest BCUT2D eigenvalue weighted by Crippen LogP contribution is -2.19. The molecule has 0 aliphatic rings. The average Bonchev–Trinajstić information content (AvgIpc) is 2.20. The number of hydrogen-bond acceptors (Lipinski definition) is 2. The van der Waals surface area contributed by atoms with E-state index in [0.29, 0.717) is 23.6 Å². The molecule has 0 spiro atoms. The van der Waals surface area contributed by atoms with Crippen molar-refractivity contribution in [2.75, 3.05) is 6.54 Å². The summed E-state index contributed by atoms with van der Waals surface area (Å²) < 4.78 is 13.4. The zero-order chi connectivity index (χ0) is 11.3. The van der Waals surface area contributed by atoms with Gasteiger partial charge in [0.05, 0.1) is 11.6 Å². The van der Waals surface area contributed by atoms with E-state index in [9.17, 15) is 4.39 Å². The topological polar surface area (TPSA) is 35.8 Å². The molecule has 1 aromatic carbocycles. The second-order valence-corrected chi connectivity index (χ2v) is 3.94. The standard InChI is InChI=1S/C12H15FN2/c1-9(2)7-15-8-11-4-3-10(6-14)5-12(11)13/h3-5,9,15H,7-8H2,1-2H3. The third-order valence-electron chi connectivity index (χ3n) is 2.05. The molecule has 0 unspecified atom stereocenters. The van der Waals surface area contributed by atoms with Gasteiger partial charge in [0, 0.05) is 12.1 Å². The highest BCUT2D eigenvalue weighted by molar-refractivity contribution is 5.32. The van der Waals surface area contributed by atoms with Crippen LogP contribution in [0.25, 0.3) is 0 Å². The number of nitrogens with one attached hydrogen (secondary N) is 1. The van der Waals surface area contributed by atoms with Gasteiger partial charge in [-0.1, -0.05) is 19.9 Å². The molecule has 0 aliphatic heterocycles. The van der Waals surface area contributed by atoms with Crippen LogP contribution in [0, 0.1) is 23.1 Å². The summed E-state index contributed by atoms with van der Waals surface area (Å²) in [5, 5.41) is 11.7. The number of nitriles is 1. The molecular formula is C12H15FN2. The van der Waals surface area contributed by atoms with Crippen molar-refractivity contribution in [3.8, 4) is 6.07 Å². The van der Waals surface area contributed by atoms with Crippen LogP contribution in [0.2, 0.25) is 0 Å². The Morgan fingerprint density at radius 1 is 1.47 bits per heavy atom. The Morgan fingerprint density at radius 3 is 2.73 bits per heavy atom. The van der Waals surface area contributed by atoms with Gasteiger partial charge in [0.25, 0.3) is 0 Å². The van der Waals surface area contributed by atoms with Gasteiger partial charge in [-0.15, -0.1) is 0 Å². The molecule has 0 radical (unpaired) electrons. The summed E-state index contributed by atoms with van der Waals surface area (Å²) in [6.07, 6.45) is 0. The third kappa shape index (κ3) is 3.69. The molecule has 0 saturated heterocycles. The van der Waals surface area contributed by atoms with Gasteiger partial charge in [0.15, 0.2) is 0 Å². The predicted molar refractivity (Wildman–Crippen MR) is 57.7 cm³/mol. The van der Waals surface area contributed by atoms with E-state index in [2.05, 4.69) is 19.2 Å². The molecule has 0 bridgehead atoms. The van der Waals surface area contributed by atoms with Crippen LogP contribution in [0.3, 0.4) is 0 Å². The van der Waals surface area contributed by atoms with Crippen molar-refractivity contribution in [3.63, 3.8) is 0 Å². The Hall–Kier alpha value is -1.40. The first-order valence-electron chi connectivity index (χ1n) is 5.02. The van der Waals surface area contributed by atoms with Crippen molar-refractivity contribution in [1.82, 2.24) is 5.32 Å². The lowest BCUT2D eigenvalue weighted by atomic mass is 10.1. The van der Waals surface area contributed by atoms with Crippen LogP contribution in [-0.2, 0) is 6.54 Å². The normalized spacial score (nSPS) is 10.3.